The Labute approximate surface area is 126 Å². The molecule has 0 radical (unpaired) electrons. The SMILES string of the molecule is O=c1[nH]c2c(c3nc(-c4ccccc4Cl)cn13)CCCC2. The summed E-state index contributed by atoms with van der Waals surface area (Å²) in [6.07, 6.45) is 5.92. The van der Waals surface area contributed by atoms with Crippen molar-refractivity contribution in [2.24, 2.45) is 0 Å². The lowest BCUT2D eigenvalue weighted by Gasteiger charge is -2.15. The average molecular weight is 300 g/mol. The first-order chi connectivity index (χ1) is 10.2. The van der Waals surface area contributed by atoms with Crippen LogP contribution in [0.3, 0.4) is 0 Å². The number of imidazole rings is 1. The monoisotopic (exact) mass is 299 g/mol. The summed E-state index contributed by atoms with van der Waals surface area (Å²) in [7, 11) is 0. The van der Waals surface area contributed by atoms with Crippen LogP contribution in [0.1, 0.15) is 24.1 Å². The highest BCUT2D eigenvalue weighted by atomic mass is 35.5. The fourth-order valence-corrected chi connectivity index (χ4v) is 3.26. The minimum absolute atomic E-state index is 0.128. The van der Waals surface area contributed by atoms with E-state index in [9.17, 15) is 4.79 Å². The maximum atomic E-state index is 12.2. The highest BCUT2D eigenvalue weighted by Gasteiger charge is 2.18. The van der Waals surface area contributed by atoms with Crippen LogP contribution < -0.4 is 5.69 Å². The molecule has 1 aromatic carbocycles. The van der Waals surface area contributed by atoms with E-state index in [-0.39, 0.29) is 5.69 Å². The van der Waals surface area contributed by atoms with Gasteiger partial charge < -0.3 is 4.98 Å². The van der Waals surface area contributed by atoms with Gasteiger partial charge in [0, 0.05) is 23.0 Å². The Kier molecular flexibility index (Phi) is 2.86. The fourth-order valence-electron chi connectivity index (χ4n) is 3.03. The van der Waals surface area contributed by atoms with Crippen LogP contribution in [0.15, 0.2) is 35.3 Å². The second-order valence-electron chi connectivity index (χ2n) is 5.39. The third-order valence-electron chi connectivity index (χ3n) is 4.07. The molecule has 1 aliphatic carbocycles. The predicted molar refractivity (Wildman–Crippen MR) is 82.9 cm³/mol. The van der Waals surface area contributed by atoms with Crippen molar-refractivity contribution in [2.75, 3.05) is 0 Å². The molecule has 2 heterocycles. The van der Waals surface area contributed by atoms with Gasteiger partial charge >= 0.3 is 5.69 Å². The molecule has 106 valence electrons. The number of H-pyrrole nitrogens is 1. The van der Waals surface area contributed by atoms with Crippen LogP contribution in [0.4, 0.5) is 0 Å². The van der Waals surface area contributed by atoms with Gasteiger partial charge in [-0.15, -0.1) is 0 Å². The number of nitrogens with one attached hydrogen (secondary N) is 1. The molecule has 0 aliphatic heterocycles. The minimum atomic E-state index is -0.128. The maximum absolute atomic E-state index is 12.2. The van der Waals surface area contributed by atoms with Gasteiger partial charge in [0.1, 0.15) is 5.65 Å². The quantitative estimate of drug-likeness (QED) is 0.750. The van der Waals surface area contributed by atoms with Crippen molar-refractivity contribution in [3.8, 4) is 11.3 Å². The van der Waals surface area contributed by atoms with Gasteiger partial charge in [0.05, 0.1) is 10.7 Å². The Morgan fingerprint density at radius 2 is 2.00 bits per heavy atom. The highest BCUT2D eigenvalue weighted by Crippen LogP contribution is 2.28. The zero-order valence-corrected chi connectivity index (χ0v) is 12.2. The van der Waals surface area contributed by atoms with E-state index in [4.69, 9.17) is 11.6 Å². The molecule has 1 aliphatic rings. The standard InChI is InChI=1S/C16H14ClN3O/c17-12-7-3-1-5-10(12)14-9-20-15(18-14)11-6-2-4-8-13(11)19-16(20)21/h1,3,5,7,9H,2,4,6,8H2,(H,19,21). The van der Waals surface area contributed by atoms with Crippen LogP contribution in [0, 0.1) is 0 Å². The Hall–Kier alpha value is -2.07. The predicted octanol–water partition coefficient (Wildman–Crippen LogP) is 3.22. The molecule has 4 nitrogen and oxygen atoms in total. The first kappa shape index (κ1) is 12.7. The fraction of sp³-hybridized carbons (Fsp3) is 0.250. The molecule has 0 atom stereocenters. The van der Waals surface area contributed by atoms with Gasteiger partial charge in [-0.25, -0.2) is 9.78 Å². The summed E-state index contributed by atoms with van der Waals surface area (Å²) in [6, 6.07) is 7.56. The summed E-state index contributed by atoms with van der Waals surface area (Å²) < 4.78 is 1.60. The molecule has 0 saturated carbocycles. The number of aromatic amines is 1. The number of aromatic nitrogens is 3. The van der Waals surface area contributed by atoms with Gasteiger partial charge in [-0.1, -0.05) is 29.8 Å². The number of fused-ring (bicyclic) bond motifs is 3. The average Bonchev–Trinajstić information content (AvgIpc) is 2.94. The number of benzene rings is 1. The Morgan fingerprint density at radius 1 is 1.19 bits per heavy atom. The molecule has 0 amide bonds. The molecular formula is C16H14ClN3O. The Balaban J connectivity index is 2.00. The molecule has 0 fully saturated rings. The smallest absolute Gasteiger partial charge is 0.311 e. The molecule has 0 saturated heterocycles. The van der Waals surface area contributed by atoms with E-state index < -0.39 is 0 Å². The van der Waals surface area contributed by atoms with Crippen molar-refractivity contribution < 1.29 is 0 Å². The first-order valence-electron chi connectivity index (χ1n) is 7.12. The lowest BCUT2D eigenvalue weighted by atomic mass is 9.97. The second kappa shape index (κ2) is 4.74. The van der Waals surface area contributed by atoms with Crippen LogP contribution in [-0.2, 0) is 12.8 Å². The molecule has 0 bridgehead atoms. The number of halogens is 1. The first-order valence-corrected chi connectivity index (χ1v) is 7.50. The van der Waals surface area contributed by atoms with Gasteiger partial charge in [0.2, 0.25) is 0 Å². The lowest BCUT2D eigenvalue weighted by molar-refractivity contribution is 0.659. The van der Waals surface area contributed by atoms with E-state index in [0.29, 0.717) is 5.02 Å². The maximum Gasteiger partial charge on any atom is 0.331 e. The Bertz CT molecular complexity index is 894. The molecule has 3 aromatic rings. The van der Waals surface area contributed by atoms with E-state index in [2.05, 4.69) is 9.97 Å². The van der Waals surface area contributed by atoms with Crippen LogP contribution in [0.5, 0.6) is 0 Å². The zero-order chi connectivity index (χ0) is 14.4. The molecule has 0 spiro atoms. The van der Waals surface area contributed by atoms with E-state index in [0.717, 1.165) is 48.3 Å². The van der Waals surface area contributed by atoms with Crippen molar-refractivity contribution in [2.45, 2.75) is 25.7 Å². The van der Waals surface area contributed by atoms with Gasteiger partial charge in [-0.3, -0.25) is 4.40 Å². The van der Waals surface area contributed by atoms with Gasteiger partial charge in [0.15, 0.2) is 0 Å². The summed E-state index contributed by atoms with van der Waals surface area (Å²) >= 11 is 6.23. The molecule has 0 unspecified atom stereocenters. The van der Waals surface area contributed by atoms with Gasteiger partial charge in [-0.05, 0) is 31.7 Å². The van der Waals surface area contributed by atoms with Crippen LogP contribution in [0.25, 0.3) is 16.9 Å². The van der Waals surface area contributed by atoms with E-state index in [1.165, 1.54) is 5.56 Å². The zero-order valence-electron chi connectivity index (χ0n) is 11.4. The largest absolute Gasteiger partial charge is 0.331 e. The lowest BCUT2D eigenvalue weighted by Crippen LogP contribution is -2.21. The topological polar surface area (TPSA) is 50.2 Å². The van der Waals surface area contributed by atoms with Crippen molar-refractivity contribution >= 4 is 17.2 Å². The number of hydrogen-bond acceptors (Lipinski definition) is 2. The van der Waals surface area contributed by atoms with E-state index in [1.54, 1.807) is 10.6 Å². The van der Waals surface area contributed by atoms with Crippen molar-refractivity contribution in [3.05, 3.63) is 57.2 Å². The van der Waals surface area contributed by atoms with Crippen molar-refractivity contribution in [1.82, 2.24) is 14.4 Å². The molecule has 21 heavy (non-hydrogen) atoms. The van der Waals surface area contributed by atoms with Crippen LogP contribution >= 0.6 is 11.6 Å². The molecule has 2 aromatic heterocycles. The van der Waals surface area contributed by atoms with Crippen LogP contribution in [0.2, 0.25) is 5.02 Å². The number of nitrogens with zero attached hydrogens (tertiary/aromatic N) is 2. The second-order valence-corrected chi connectivity index (χ2v) is 5.80. The summed E-state index contributed by atoms with van der Waals surface area (Å²) in [5, 5.41) is 0.645. The molecule has 4 rings (SSSR count). The number of hydrogen-bond donors (Lipinski definition) is 1. The Morgan fingerprint density at radius 3 is 2.86 bits per heavy atom. The summed E-state index contributed by atoms with van der Waals surface area (Å²) in [6.45, 7) is 0. The summed E-state index contributed by atoms with van der Waals surface area (Å²) in [5.41, 5.74) is 4.44. The van der Waals surface area contributed by atoms with Gasteiger partial charge in [0.25, 0.3) is 0 Å². The van der Waals surface area contributed by atoms with Crippen molar-refractivity contribution in [3.63, 3.8) is 0 Å². The number of rotatable bonds is 1. The van der Waals surface area contributed by atoms with E-state index in [1.807, 2.05) is 24.3 Å². The third kappa shape index (κ3) is 1.98. The normalized spacial score (nSPS) is 14.3. The molecule has 5 heteroatoms. The third-order valence-corrected chi connectivity index (χ3v) is 4.40. The summed E-state index contributed by atoms with van der Waals surface area (Å²) in [4.78, 5) is 19.9. The highest BCUT2D eigenvalue weighted by molar-refractivity contribution is 6.33. The van der Waals surface area contributed by atoms with Gasteiger partial charge in [-0.2, -0.15) is 0 Å². The molecule has 1 N–H and O–H groups in total. The molecular weight excluding hydrogens is 286 g/mol. The van der Waals surface area contributed by atoms with E-state index >= 15 is 0 Å². The van der Waals surface area contributed by atoms with Crippen molar-refractivity contribution in [1.29, 1.82) is 0 Å². The number of aryl methyl sites for hydroxylation is 2. The van der Waals surface area contributed by atoms with Crippen LogP contribution in [-0.4, -0.2) is 14.4 Å². The summed E-state index contributed by atoms with van der Waals surface area (Å²) in [5.74, 6) is 0. The minimum Gasteiger partial charge on any atom is -0.311 e.